The number of sulfonamides is 1. The molecule has 140 valence electrons. The molecule has 1 aromatic rings. The van der Waals surface area contributed by atoms with Crippen LogP contribution in [0.4, 0.5) is 0 Å². The fourth-order valence-corrected chi connectivity index (χ4v) is 4.82. The maximum absolute atomic E-state index is 12.6. The van der Waals surface area contributed by atoms with E-state index in [-0.39, 0.29) is 4.90 Å². The van der Waals surface area contributed by atoms with Crippen LogP contribution in [-0.4, -0.2) is 58.7 Å². The Labute approximate surface area is 147 Å². The van der Waals surface area contributed by atoms with Crippen LogP contribution in [0.1, 0.15) is 37.6 Å². The number of piperidine rings is 1. The van der Waals surface area contributed by atoms with E-state index < -0.39 is 34.0 Å². The Morgan fingerprint density at radius 2 is 1.96 bits per heavy atom. The molecular formula is C15H24N4O5S. The van der Waals surface area contributed by atoms with Crippen LogP contribution in [-0.2, 0) is 26.7 Å². The maximum Gasteiger partial charge on any atom is 0.326 e. The molecule has 2 unspecified atom stereocenters. The van der Waals surface area contributed by atoms with Crippen molar-refractivity contribution in [3.8, 4) is 0 Å². The zero-order valence-corrected chi connectivity index (χ0v) is 15.6. The number of aromatic nitrogens is 2. The van der Waals surface area contributed by atoms with Crippen LogP contribution in [0.3, 0.4) is 0 Å². The van der Waals surface area contributed by atoms with Gasteiger partial charge >= 0.3 is 5.97 Å². The van der Waals surface area contributed by atoms with Gasteiger partial charge in [-0.15, -0.1) is 0 Å². The molecule has 1 saturated heterocycles. The molecule has 9 nitrogen and oxygen atoms in total. The Kier molecular flexibility index (Phi) is 5.52. The van der Waals surface area contributed by atoms with Crippen LogP contribution in [0.5, 0.6) is 0 Å². The van der Waals surface area contributed by atoms with Gasteiger partial charge in [0.05, 0.1) is 17.4 Å². The lowest BCUT2D eigenvalue weighted by molar-refractivity contribution is -0.152. The average molecular weight is 372 g/mol. The fourth-order valence-electron chi connectivity index (χ4n) is 3.19. The molecule has 25 heavy (non-hydrogen) atoms. The number of carbonyl (C=O) groups excluding carboxylic acids is 1. The normalized spacial score (nSPS) is 19.7. The standard InChI is InChI=1S/C15H24N4O5S/c1-9-13(11(3)18(4)16-9)25(23,24)17-10(2)14(20)19-8-6-5-7-12(19)15(21)22/h10,12,17H,5-8H2,1-4H3,(H,21,22). The van der Waals surface area contributed by atoms with E-state index in [4.69, 9.17) is 0 Å². The number of hydrogen-bond donors (Lipinski definition) is 2. The summed E-state index contributed by atoms with van der Waals surface area (Å²) in [6, 6.07) is -1.97. The number of nitrogens with one attached hydrogen (secondary N) is 1. The van der Waals surface area contributed by atoms with Gasteiger partial charge in [-0.25, -0.2) is 13.2 Å². The zero-order chi connectivity index (χ0) is 18.9. The molecule has 0 bridgehead atoms. The van der Waals surface area contributed by atoms with Crippen molar-refractivity contribution in [1.82, 2.24) is 19.4 Å². The Balaban J connectivity index is 2.21. The monoisotopic (exact) mass is 372 g/mol. The summed E-state index contributed by atoms with van der Waals surface area (Å²) in [4.78, 5) is 25.3. The summed E-state index contributed by atoms with van der Waals surface area (Å²) in [5, 5.41) is 13.4. The summed E-state index contributed by atoms with van der Waals surface area (Å²) in [6.07, 6.45) is 1.81. The maximum atomic E-state index is 12.6. The lowest BCUT2D eigenvalue weighted by Gasteiger charge is -2.34. The minimum absolute atomic E-state index is 0.0445. The van der Waals surface area contributed by atoms with Gasteiger partial charge in [-0.3, -0.25) is 9.48 Å². The molecule has 1 fully saturated rings. The third-order valence-corrected chi connectivity index (χ3v) is 6.28. The number of aliphatic carboxylic acids is 1. The number of aryl methyl sites for hydroxylation is 2. The summed E-state index contributed by atoms with van der Waals surface area (Å²) in [6.45, 7) is 4.95. The summed E-state index contributed by atoms with van der Waals surface area (Å²) in [5.41, 5.74) is 0.805. The molecule has 2 heterocycles. The topological polar surface area (TPSA) is 122 Å². The first-order chi connectivity index (χ1) is 11.6. The predicted octanol–water partition coefficient (Wildman–Crippen LogP) is 0.169. The van der Waals surface area contributed by atoms with Crippen LogP contribution < -0.4 is 4.72 Å². The van der Waals surface area contributed by atoms with E-state index in [0.717, 1.165) is 6.42 Å². The highest BCUT2D eigenvalue weighted by Gasteiger charge is 2.36. The number of rotatable bonds is 5. The second kappa shape index (κ2) is 7.12. The molecule has 0 saturated carbocycles. The van der Waals surface area contributed by atoms with Crippen molar-refractivity contribution in [2.24, 2.45) is 7.05 Å². The van der Waals surface area contributed by atoms with Gasteiger partial charge in [-0.05, 0) is 40.0 Å². The van der Waals surface area contributed by atoms with E-state index in [1.165, 1.54) is 16.5 Å². The van der Waals surface area contributed by atoms with Gasteiger partial charge in [0, 0.05) is 13.6 Å². The second-order valence-corrected chi connectivity index (χ2v) is 8.00. The van der Waals surface area contributed by atoms with Crippen molar-refractivity contribution in [2.75, 3.05) is 6.54 Å². The summed E-state index contributed by atoms with van der Waals surface area (Å²) >= 11 is 0. The third-order valence-electron chi connectivity index (χ3n) is 4.48. The van der Waals surface area contributed by atoms with Gasteiger partial charge in [-0.1, -0.05) is 0 Å². The highest BCUT2D eigenvalue weighted by molar-refractivity contribution is 7.89. The van der Waals surface area contributed by atoms with E-state index in [0.29, 0.717) is 30.8 Å². The van der Waals surface area contributed by atoms with Gasteiger partial charge in [0.25, 0.3) is 0 Å². The molecule has 0 aliphatic carbocycles. The van der Waals surface area contributed by atoms with Crippen molar-refractivity contribution >= 4 is 21.9 Å². The Morgan fingerprint density at radius 1 is 1.32 bits per heavy atom. The Hall–Kier alpha value is -1.94. The van der Waals surface area contributed by atoms with E-state index in [9.17, 15) is 23.1 Å². The van der Waals surface area contributed by atoms with Crippen LogP contribution in [0.2, 0.25) is 0 Å². The molecule has 0 aromatic carbocycles. The van der Waals surface area contributed by atoms with Crippen LogP contribution in [0.15, 0.2) is 4.90 Å². The SMILES string of the molecule is Cc1nn(C)c(C)c1S(=O)(=O)NC(C)C(=O)N1CCCCC1C(=O)O. The number of carboxylic acid groups (broad SMARTS) is 1. The predicted molar refractivity (Wildman–Crippen MR) is 89.5 cm³/mol. The molecule has 2 N–H and O–H groups in total. The van der Waals surface area contributed by atoms with Crippen molar-refractivity contribution in [1.29, 1.82) is 0 Å². The number of carbonyl (C=O) groups is 2. The lowest BCUT2D eigenvalue weighted by Crippen LogP contribution is -2.54. The van der Waals surface area contributed by atoms with Gasteiger partial charge < -0.3 is 10.0 Å². The third kappa shape index (κ3) is 3.84. The number of hydrogen-bond acceptors (Lipinski definition) is 5. The summed E-state index contributed by atoms with van der Waals surface area (Å²) < 4.78 is 29.1. The Morgan fingerprint density at radius 3 is 2.48 bits per heavy atom. The van der Waals surface area contributed by atoms with Gasteiger partial charge in [0.1, 0.15) is 10.9 Å². The number of amides is 1. The molecular weight excluding hydrogens is 348 g/mol. The van der Waals surface area contributed by atoms with Crippen molar-refractivity contribution in [3.63, 3.8) is 0 Å². The first-order valence-corrected chi connectivity index (χ1v) is 9.60. The quantitative estimate of drug-likeness (QED) is 0.760. The van der Waals surface area contributed by atoms with Gasteiger partial charge in [-0.2, -0.15) is 9.82 Å². The minimum atomic E-state index is -3.95. The van der Waals surface area contributed by atoms with E-state index >= 15 is 0 Å². The number of carboxylic acids is 1. The summed E-state index contributed by atoms with van der Waals surface area (Å²) in [5.74, 6) is -1.60. The minimum Gasteiger partial charge on any atom is -0.480 e. The highest BCUT2D eigenvalue weighted by Crippen LogP contribution is 2.21. The lowest BCUT2D eigenvalue weighted by atomic mass is 10.0. The zero-order valence-electron chi connectivity index (χ0n) is 14.8. The van der Waals surface area contributed by atoms with E-state index in [1.807, 2.05) is 0 Å². The van der Waals surface area contributed by atoms with Gasteiger partial charge in [0.2, 0.25) is 15.9 Å². The molecule has 1 aromatic heterocycles. The molecule has 0 spiro atoms. The number of likely N-dealkylation sites (tertiary alicyclic amines) is 1. The molecule has 2 atom stereocenters. The van der Waals surface area contributed by atoms with Crippen LogP contribution in [0, 0.1) is 13.8 Å². The van der Waals surface area contributed by atoms with Crippen LogP contribution >= 0.6 is 0 Å². The molecule has 2 rings (SSSR count). The largest absolute Gasteiger partial charge is 0.480 e. The molecule has 10 heteroatoms. The molecule has 1 aliphatic rings. The first-order valence-electron chi connectivity index (χ1n) is 8.12. The summed E-state index contributed by atoms with van der Waals surface area (Å²) in [7, 11) is -2.31. The van der Waals surface area contributed by atoms with Crippen LogP contribution in [0.25, 0.3) is 0 Å². The van der Waals surface area contributed by atoms with E-state index in [1.54, 1.807) is 20.9 Å². The highest BCUT2D eigenvalue weighted by atomic mass is 32.2. The number of nitrogens with zero attached hydrogens (tertiary/aromatic N) is 3. The second-order valence-electron chi connectivity index (χ2n) is 6.35. The van der Waals surface area contributed by atoms with Crippen molar-refractivity contribution in [2.45, 2.75) is 57.0 Å². The van der Waals surface area contributed by atoms with Crippen molar-refractivity contribution < 1.29 is 23.1 Å². The first kappa shape index (κ1) is 19.4. The molecule has 1 aliphatic heterocycles. The van der Waals surface area contributed by atoms with Crippen molar-refractivity contribution in [3.05, 3.63) is 11.4 Å². The fraction of sp³-hybridized carbons (Fsp3) is 0.667. The average Bonchev–Trinajstić information content (AvgIpc) is 2.79. The Bertz CT molecular complexity index is 786. The van der Waals surface area contributed by atoms with Gasteiger partial charge in [0.15, 0.2) is 0 Å². The molecule has 0 radical (unpaired) electrons. The smallest absolute Gasteiger partial charge is 0.326 e. The molecule has 1 amide bonds. The van der Waals surface area contributed by atoms with E-state index in [2.05, 4.69) is 9.82 Å².